The molecule has 0 spiro atoms. The second-order valence-electron chi connectivity index (χ2n) is 2.51. The third-order valence-electron chi connectivity index (χ3n) is 1.54. The van der Waals surface area contributed by atoms with Gasteiger partial charge in [-0.2, -0.15) is 13.2 Å². The van der Waals surface area contributed by atoms with E-state index in [-0.39, 0.29) is 10.8 Å². The van der Waals surface area contributed by atoms with Crippen LogP contribution < -0.4 is 0 Å². The van der Waals surface area contributed by atoms with E-state index in [9.17, 15) is 18.0 Å². The van der Waals surface area contributed by atoms with Crippen LogP contribution in [0, 0.1) is 0 Å². The van der Waals surface area contributed by atoms with Crippen LogP contribution in [0.1, 0.15) is 15.9 Å². The average molecular weight is 269 g/mol. The monoisotopic (exact) mass is 268 g/mol. The number of benzene rings is 1. The van der Waals surface area contributed by atoms with Gasteiger partial charge in [0.2, 0.25) is 0 Å². The highest BCUT2D eigenvalue weighted by Crippen LogP contribution is 2.38. The highest BCUT2D eigenvalue weighted by atomic mass is 79.9. The van der Waals surface area contributed by atoms with E-state index in [2.05, 4.69) is 15.9 Å². The van der Waals surface area contributed by atoms with Crippen LogP contribution in [0.15, 0.2) is 16.6 Å². The molecule has 76 valence electrons. The maximum absolute atomic E-state index is 12.2. The standard InChI is InChI=1S/C8H4BrF3O2/c9-5-1-4(3-13)7(14)6(2-5)8(10,11)12/h1-3,14H. The molecule has 0 bridgehead atoms. The highest BCUT2D eigenvalue weighted by Gasteiger charge is 2.35. The molecular formula is C8H4BrF3O2. The molecule has 0 aliphatic heterocycles. The lowest BCUT2D eigenvalue weighted by molar-refractivity contribution is -0.138. The third-order valence-corrected chi connectivity index (χ3v) is 1.99. The quantitative estimate of drug-likeness (QED) is 0.796. The maximum Gasteiger partial charge on any atom is 0.420 e. The van der Waals surface area contributed by atoms with Crippen molar-refractivity contribution in [3.05, 3.63) is 27.7 Å². The zero-order valence-corrected chi connectivity index (χ0v) is 8.19. The fourth-order valence-corrected chi connectivity index (χ4v) is 1.40. The van der Waals surface area contributed by atoms with Gasteiger partial charge in [0.05, 0.1) is 11.1 Å². The van der Waals surface area contributed by atoms with Gasteiger partial charge >= 0.3 is 6.18 Å². The van der Waals surface area contributed by atoms with Crippen molar-refractivity contribution in [3.8, 4) is 5.75 Å². The Morgan fingerprint density at radius 2 is 1.93 bits per heavy atom. The van der Waals surface area contributed by atoms with Crippen LogP contribution in [-0.4, -0.2) is 11.4 Å². The van der Waals surface area contributed by atoms with Crippen molar-refractivity contribution < 1.29 is 23.1 Å². The molecule has 1 rings (SSSR count). The summed E-state index contributed by atoms with van der Waals surface area (Å²) in [5.74, 6) is -1.05. The molecule has 0 saturated heterocycles. The summed E-state index contributed by atoms with van der Waals surface area (Å²) in [5, 5.41) is 9.08. The minimum absolute atomic E-state index is 0.0877. The summed E-state index contributed by atoms with van der Waals surface area (Å²) < 4.78 is 36.8. The number of halogens is 4. The lowest BCUT2D eigenvalue weighted by atomic mass is 10.1. The number of aldehydes is 1. The number of phenols is 1. The highest BCUT2D eigenvalue weighted by molar-refractivity contribution is 9.10. The molecule has 1 aromatic carbocycles. The van der Waals surface area contributed by atoms with Crippen LogP contribution in [-0.2, 0) is 6.18 Å². The van der Waals surface area contributed by atoms with Crippen molar-refractivity contribution in [3.63, 3.8) is 0 Å². The molecule has 2 nitrogen and oxygen atoms in total. The molecule has 0 radical (unpaired) electrons. The van der Waals surface area contributed by atoms with Gasteiger partial charge in [-0.05, 0) is 12.1 Å². The van der Waals surface area contributed by atoms with Crippen LogP contribution in [0.2, 0.25) is 0 Å². The molecule has 1 aromatic rings. The normalized spacial score (nSPS) is 11.4. The summed E-state index contributed by atoms with van der Waals surface area (Å²) >= 11 is 2.81. The average Bonchev–Trinajstić information content (AvgIpc) is 2.06. The Balaban J connectivity index is 3.44. The van der Waals surface area contributed by atoms with E-state index in [0.29, 0.717) is 6.07 Å². The Labute approximate surface area is 85.5 Å². The van der Waals surface area contributed by atoms with Crippen molar-refractivity contribution in [1.29, 1.82) is 0 Å². The van der Waals surface area contributed by atoms with Crippen LogP contribution >= 0.6 is 15.9 Å². The van der Waals surface area contributed by atoms with Crippen LogP contribution in [0.5, 0.6) is 5.75 Å². The first-order valence-electron chi connectivity index (χ1n) is 3.41. The number of carbonyl (C=O) groups excluding carboxylic acids is 1. The largest absolute Gasteiger partial charge is 0.507 e. The Bertz CT molecular complexity index is 374. The first-order valence-corrected chi connectivity index (χ1v) is 4.20. The van der Waals surface area contributed by atoms with Gasteiger partial charge in [-0.25, -0.2) is 0 Å². The van der Waals surface area contributed by atoms with Gasteiger partial charge in [0, 0.05) is 4.47 Å². The first kappa shape index (κ1) is 11.0. The van der Waals surface area contributed by atoms with Gasteiger partial charge in [0.1, 0.15) is 5.75 Å². The Morgan fingerprint density at radius 1 is 1.36 bits per heavy atom. The Morgan fingerprint density at radius 3 is 2.36 bits per heavy atom. The zero-order chi connectivity index (χ0) is 10.9. The Kier molecular flexibility index (Phi) is 2.84. The molecule has 0 amide bonds. The second kappa shape index (κ2) is 3.61. The van der Waals surface area contributed by atoms with Crippen LogP contribution in [0.25, 0.3) is 0 Å². The lowest BCUT2D eigenvalue weighted by Gasteiger charge is -2.10. The van der Waals surface area contributed by atoms with Gasteiger partial charge in [-0.1, -0.05) is 15.9 Å². The van der Waals surface area contributed by atoms with E-state index in [1.807, 2.05) is 0 Å². The van der Waals surface area contributed by atoms with Crippen molar-refractivity contribution in [2.24, 2.45) is 0 Å². The summed E-state index contributed by atoms with van der Waals surface area (Å²) in [6, 6.07) is 1.82. The van der Waals surface area contributed by atoms with Gasteiger partial charge in [0.25, 0.3) is 0 Å². The van der Waals surface area contributed by atoms with Crippen LogP contribution in [0.3, 0.4) is 0 Å². The lowest BCUT2D eigenvalue weighted by Crippen LogP contribution is -2.06. The molecule has 0 aliphatic carbocycles. The van der Waals surface area contributed by atoms with Gasteiger partial charge < -0.3 is 5.11 Å². The SMILES string of the molecule is O=Cc1cc(Br)cc(C(F)(F)F)c1O. The van der Waals surface area contributed by atoms with E-state index in [1.165, 1.54) is 0 Å². The van der Waals surface area contributed by atoms with Crippen LogP contribution in [0.4, 0.5) is 13.2 Å². The molecule has 0 heterocycles. The van der Waals surface area contributed by atoms with Crippen molar-refractivity contribution >= 4 is 22.2 Å². The number of carbonyl (C=O) groups is 1. The molecule has 1 N–H and O–H groups in total. The predicted molar refractivity (Wildman–Crippen MR) is 46.2 cm³/mol. The fourth-order valence-electron chi connectivity index (χ4n) is 0.926. The summed E-state index contributed by atoms with van der Waals surface area (Å²) in [7, 11) is 0. The summed E-state index contributed by atoms with van der Waals surface area (Å²) in [5.41, 5.74) is -1.62. The van der Waals surface area contributed by atoms with Gasteiger partial charge in [0.15, 0.2) is 6.29 Å². The van der Waals surface area contributed by atoms with E-state index in [4.69, 9.17) is 5.11 Å². The number of aromatic hydroxyl groups is 1. The molecule has 6 heteroatoms. The number of hydrogen-bond donors (Lipinski definition) is 1. The summed E-state index contributed by atoms with van der Waals surface area (Å²) in [6.07, 6.45) is -4.51. The number of phenolic OH excluding ortho intramolecular Hbond substituents is 1. The topological polar surface area (TPSA) is 37.3 Å². The first-order chi connectivity index (χ1) is 6.36. The number of alkyl halides is 3. The smallest absolute Gasteiger partial charge is 0.420 e. The summed E-state index contributed by atoms with van der Waals surface area (Å²) in [4.78, 5) is 10.3. The van der Waals surface area contributed by atoms with Crippen molar-refractivity contribution in [1.82, 2.24) is 0 Å². The molecule has 0 unspecified atom stereocenters. The minimum atomic E-state index is -4.67. The van der Waals surface area contributed by atoms with Crippen molar-refractivity contribution in [2.75, 3.05) is 0 Å². The number of hydrogen-bond acceptors (Lipinski definition) is 2. The van der Waals surface area contributed by atoms with E-state index < -0.39 is 23.1 Å². The molecule has 0 aromatic heterocycles. The second-order valence-corrected chi connectivity index (χ2v) is 3.42. The van der Waals surface area contributed by atoms with Gasteiger partial charge in [-0.15, -0.1) is 0 Å². The molecule has 0 fully saturated rings. The molecular weight excluding hydrogens is 265 g/mol. The summed E-state index contributed by atoms with van der Waals surface area (Å²) in [6.45, 7) is 0. The van der Waals surface area contributed by atoms with E-state index >= 15 is 0 Å². The zero-order valence-electron chi connectivity index (χ0n) is 6.60. The minimum Gasteiger partial charge on any atom is -0.507 e. The molecule has 0 atom stereocenters. The third kappa shape index (κ3) is 2.06. The Hall–Kier alpha value is -1.04. The van der Waals surface area contributed by atoms with Gasteiger partial charge in [-0.3, -0.25) is 4.79 Å². The molecule has 14 heavy (non-hydrogen) atoms. The maximum atomic E-state index is 12.2. The molecule has 0 aliphatic rings. The number of rotatable bonds is 1. The molecule has 0 saturated carbocycles. The predicted octanol–water partition coefficient (Wildman–Crippen LogP) is 2.99. The van der Waals surface area contributed by atoms with E-state index in [1.54, 1.807) is 0 Å². The van der Waals surface area contributed by atoms with E-state index in [0.717, 1.165) is 6.07 Å². The van der Waals surface area contributed by atoms with Crippen molar-refractivity contribution in [2.45, 2.75) is 6.18 Å². The fraction of sp³-hybridized carbons (Fsp3) is 0.125.